The van der Waals surface area contributed by atoms with Crippen molar-refractivity contribution in [1.29, 1.82) is 0 Å². The van der Waals surface area contributed by atoms with Crippen molar-refractivity contribution >= 4 is 29.0 Å². The lowest BCUT2D eigenvalue weighted by Gasteiger charge is -2.49. The minimum Gasteiger partial charge on any atom is -0.378 e. The summed E-state index contributed by atoms with van der Waals surface area (Å²) in [6.07, 6.45) is 1.33. The molecule has 0 aromatic heterocycles. The number of Topliss-reactive ketones (excluding diaryl/α,β-unsaturated/α-hetero) is 1. The average Bonchev–Trinajstić information content (AvgIpc) is 3.33. The molecule has 1 amide bonds. The summed E-state index contributed by atoms with van der Waals surface area (Å²) in [5.41, 5.74) is 2.43. The van der Waals surface area contributed by atoms with Gasteiger partial charge in [-0.15, -0.1) is 0 Å². The number of nitrogens with zero attached hydrogens (tertiary/aromatic N) is 1. The SMILES string of the molecule is O=C1c2ccccc2CCC12C(c1ccc(Cl)cc1)C1COCCN1C21C(=O)Nc2ccccc21. The smallest absolute Gasteiger partial charge is 0.250 e. The molecule has 2 saturated heterocycles. The van der Waals surface area contributed by atoms with Gasteiger partial charge in [-0.2, -0.15) is 0 Å². The fourth-order valence-corrected chi connectivity index (χ4v) is 7.69. The van der Waals surface area contributed by atoms with Gasteiger partial charge in [0.15, 0.2) is 5.78 Å². The Bertz CT molecular complexity index is 1370. The Morgan fingerprint density at radius 1 is 0.971 bits per heavy atom. The zero-order valence-electron chi connectivity index (χ0n) is 19.2. The highest BCUT2D eigenvalue weighted by molar-refractivity contribution is 6.30. The van der Waals surface area contributed by atoms with Gasteiger partial charge in [0.1, 0.15) is 5.54 Å². The van der Waals surface area contributed by atoms with Crippen LogP contribution < -0.4 is 5.32 Å². The van der Waals surface area contributed by atoms with Gasteiger partial charge < -0.3 is 10.1 Å². The van der Waals surface area contributed by atoms with E-state index in [-0.39, 0.29) is 23.7 Å². The van der Waals surface area contributed by atoms with Crippen molar-refractivity contribution in [3.8, 4) is 0 Å². The molecule has 2 fully saturated rings. The Morgan fingerprint density at radius 2 is 1.74 bits per heavy atom. The summed E-state index contributed by atoms with van der Waals surface area (Å²) in [6, 6.07) is 23.5. The first-order chi connectivity index (χ1) is 17.1. The van der Waals surface area contributed by atoms with Crippen LogP contribution in [-0.4, -0.2) is 42.4 Å². The molecule has 5 nitrogen and oxygen atoms in total. The van der Waals surface area contributed by atoms with E-state index in [2.05, 4.69) is 10.2 Å². The molecule has 1 aliphatic carbocycles. The molecule has 3 aromatic carbocycles. The highest BCUT2D eigenvalue weighted by Gasteiger charge is 2.77. The number of anilines is 1. The van der Waals surface area contributed by atoms with Gasteiger partial charge in [0, 0.05) is 40.3 Å². The molecule has 1 N–H and O–H groups in total. The monoisotopic (exact) mass is 484 g/mol. The Balaban J connectivity index is 1.58. The maximum atomic E-state index is 14.9. The summed E-state index contributed by atoms with van der Waals surface area (Å²) < 4.78 is 6.01. The van der Waals surface area contributed by atoms with Gasteiger partial charge in [-0.25, -0.2) is 0 Å². The number of hydrogen-bond donors (Lipinski definition) is 1. The van der Waals surface area contributed by atoms with Crippen LogP contribution >= 0.6 is 11.6 Å². The van der Waals surface area contributed by atoms with Crippen LogP contribution in [0.25, 0.3) is 0 Å². The van der Waals surface area contributed by atoms with Crippen molar-refractivity contribution in [2.45, 2.75) is 30.3 Å². The molecule has 2 spiro atoms. The van der Waals surface area contributed by atoms with Crippen LogP contribution in [0.1, 0.15) is 39.4 Å². The number of para-hydroxylation sites is 1. The molecular weight excluding hydrogens is 460 g/mol. The molecule has 4 unspecified atom stereocenters. The van der Waals surface area contributed by atoms with Gasteiger partial charge in [0.25, 0.3) is 5.91 Å². The lowest BCUT2D eigenvalue weighted by molar-refractivity contribution is -0.135. The highest BCUT2D eigenvalue weighted by Crippen LogP contribution is 2.68. The molecule has 176 valence electrons. The minimum absolute atomic E-state index is 0.0561. The van der Waals surface area contributed by atoms with Crippen LogP contribution in [0.15, 0.2) is 72.8 Å². The lowest BCUT2D eigenvalue weighted by Crippen LogP contribution is -2.62. The zero-order chi connectivity index (χ0) is 23.8. The van der Waals surface area contributed by atoms with Crippen molar-refractivity contribution in [3.05, 3.63) is 100 Å². The van der Waals surface area contributed by atoms with Crippen LogP contribution in [0.2, 0.25) is 5.02 Å². The maximum Gasteiger partial charge on any atom is 0.250 e. The number of morpholine rings is 1. The Hall–Kier alpha value is -2.99. The van der Waals surface area contributed by atoms with Gasteiger partial charge in [-0.3, -0.25) is 14.5 Å². The standard InChI is InChI=1S/C29H25ClN2O3/c30-20-11-9-19(10-12-20)25-24-17-35-16-15-32(24)29(22-7-3-4-8-23(22)31-27(29)34)28(25)14-13-18-5-1-2-6-21(18)26(28)33/h1-12,24-25H,13-17H2,(H,31,34). The number of carbonyl (C=O) groups excluding carboxylic acids is 2. The number of rotatable bonds is 1. The third-order valence-electron chi connectivity index (χ3n) is 8.74. The molecule has 0 bridgehead atoms. The predicted molar refractivity (Wildman–Crippen MR) is 134 cm³/mol. The second-order valence-electron chi connectivity index (χ2n) is 10.0. The first-order valence-corrected chi connectivity index (χ1v) is 12.6. The summed E-state index contributed by atoms with van der Waals surface area (Å²) in [6.45, 7) is 1.59. The zero-order valence-corrected chi connectivity index (χ0v) is 19.9. The average molecular weight is 485 g/mol. The molecule has 3 aliphatic heterocycles. The Labute approximate surface area is 209 Å². The highest BCUT2D eigenvalue weighted by atomic mass is 35.5. The summed E-state index contributed by atoms with van der Waals surface area (Å²) in [4.78, 5) is 31.5. The van der Waals surface area contributed by atoms with Crippen LogP contribution in [0.4, 0.5) is 5.69 Å². The van der Waals surface area contributed by atoms with Gasteiger partial charge in [0.05, 0.1) is 18.6 Å². The molecule has 4 aliphatic rings. The number of nitrogens with one attached hydrogen (secondary N) is 1. The van der Waals surface area contributed by atoms with Gasteiger partial charge in [-0.1, -0.05) is 66.2 Å². The molecule has 3 aromatic rings. The van der Waals surface area contributed by atoms with Crippen LogP contribution in [0.3, 0.4) is 0 Å². The number of benzene rings is 3. The van der Waals surface area contributed by atoms with Crippen molar-refractivity contribution in [1.82, 2.24) is 4.90 Å². The van der Waals surface area contributed by atoms with E-state index in [0.29, 0.717) is 31.2 Å². The second kappa shape index (κ2) is 7.50. The summed E-state index contributed by atoms with van der Waals surface area (Å²) in [5, 5.41) is 3.82. The largest absolute Gasteiger partial charge is 0.378 e. The van der Waals surface area contributed by atoms with Crippen molar-refractivity contribution in [2.75, 3.05) is 25.1 Å². The number of ether oxygens (including phenoxy) is 1. The number of carbonyl (C=O) groups is 2. The quantitative estimate of drug-likeness (QED) is 0.539. The normalized spacial score (nSPS) is 31.3. The second-order valence-corrected chi connectivity index (χ2v) is 10.5. The van der Waals surface area contributed by atoms with Crippen LogP contribution in [0.5, 0.6) is 0 Å². The molecule has 35 heavy (non-hydrogen) atoms. The minimum atomic E-state index is -1.10. The number of fused-ring (bicyclic) bond motifs is 6. The molecule has 4 atom stereocenters. The number of ketones is 1. The van der Waals surface area contributed by atoms with Gasteiger partial charge >= 0.3 is 0 Å². The molecule has 6 heteroatoms. The molecule has 3 heterocycles. The van der Waals surface area contributed by atoms with Gasteiger partial charge in [-0.05, 0) is 42.2 Å². The van der Waals surface area contributed by atoms with Crippen molar-refractivity contribution in [2.24, 2.45) is 5.41 Å². The summed E-state index contributed by atoms with van der Waals surface area (Å²) in [7, 11) is 0. The number of amides is 1. The molecule has 0 saturated carbocycles. The maximum absolute atomic E-state index is 14.9. The summed E-state index contributed by atoms with van der Waals surface area (Å²) >= 11 is 6.27. The van der Waals surface area contributed by atoms with E-state index >= 15 is 0 Å². The Morgan fingerprint density at radius 3 is 2.60 bits per heavy atom. The number of aryl methyl sites for hydroxylation is 1. The van der Waals surface area contributed by atoms with Crippen LogP contribution in [0, 0.1) is 5.41 Å². The third kappa shape index (κ3) is 2.56. The van der Waals surface area contributed by atoms with E-state index in [4.69, 9.17) is 16.3 Å². The van der Waals surface area contributed by atoms with E-state index in [1.807, 2.05) is 72.8 Å². The third-order valence-corrected chi connectivity index (χ3v) is 8.99. The van der Waals surface area contributed by atoms with E-state index in [1.165, 1.54) is 0 Å². The molecule has 7 rings (SSSR count). The molecule has 0 radical (unpaired) electrons. The number of hydrogen-bond acceptors (Lipinski definition) is 4. The fraction of sp³-hybridized carbons (Fsp3) is 0.310. The fourth-order valence-electron chi connectivity index (χ4n) is 7.56. The van der Waals surface area contributed by atoms with E-state index in [9.17, 15) is 9.59 Å². The van der Waals surface area contributed by atoms with Crippen molar-refractivity contribution < 1.29 is 14.3 Å². The Kier molecular flexibility index (Phi) is 4.57. The topological polar surface area (TPSA) is 58.6 Å². The first kappa shape index (κ1) is 21.3. The van der Waals surface area contributed by atoms with E-state index in [0.717, 1.165) is 34.4 Å². The van der Waals surface area contributed by atoms with E-state index < -0.39 is 11.0 Å². The van der Waals surface area contributed by atoms with Gasteiger partial charge in [0.2, 0.25) is 0 Å². The molecular formula is C29H25ClN2O3. The lowest BCUT2D eigenvalue weighted by atomic mass is 9.53. The van der Waals surface area contributed by atoms with Crippen LogP contribution in [-0.2, 0) is 21.5 Å². The van der Waals surface area contributed by atoms with E-state index in [1.54, 1.807) is 0 Å². The first-order valence-electron chi connectivity index (χ1n) is 12.2. The van der Waals surface area contributed by atoms with Crippen molar-refractivity contribution in [3.63, 3.8) is 0 Å². The predicted octanol–water partition coefficient (Wildman–Crippen LogP) is 4.80. The summed E-state index contributed by atoms with van der Waals surface area (Å²) in [5.74, 6) is -0.270. The number of halogens is 1.